The fourth-order valence-corrected chi connectivity index (χ4v) is 1.99. The van der Waals surface area contributed by atoms with Crippen LogP contribution in [-0.4, -0.2) is 11.6 Å². The zero-order valence-corrected chi connectivity index (χ0v) is 8.22. The number of hydrogen-bond donors (Lipinski definition) is 0. The highest BCUT2D eigenvalue weighted by Gasteiger charge is 2.32. The lowest BCUT2D eigenvalue weighted by Crippen LogP contribution is -2.36. The Bertz CT molecular complexity index is 175. The van der Waals surface area contributed by atoms with Gasteiger partial charge in [-0.1, -0.05) is 13.8 Å². The van der Waals surface area contributed by atoms with Gasteiger partial charge < -0.3 is 4.74 Å². The molecule has 0 N–H and O–H groups in total. The smallest absolute Gasteiger partial charge is 0.306 e. The molecular formula is C10H18O2. The van der Waals surface area contributed by atoms with Crippen molar-refractivity contribution in [2.45, 2.75) is 52.1 Å². The number of carbonyl (C=O) groups is 1. The van der Waals surface area contributed by atoms with Gasteiger partial charge in [-0.05, 0) is 32.1 Å². The molecule has 0 saturated carbocycles. The Morgan fingerprint density at radius 1 is 1.58 bits per heavy atom. The fourth-order valence-electron chi connectivity index (χ4n) is 1.99. The van der Waals surface area contributed by atoms with Gasteiger partial charge in [0.25, 0.3) is 0 Å². The van der Waals surface area contributed by atoms with Gasteiger partial charge in [-0.2, -0.15) is 0 Å². The van der Waals surface area contributed by atoms with Crippen molar-refractivity contribution >= 4 is 5.97 Å². The summed E-state index contributed by atoms with van der Waals surface area (Å²) in [5, 5.41) is 0. The van der Waals surface area contributed by atoms with Crippen LogP contribution in [0.3, 0.4) is 0 Å². The molecule has 0 aromatic heterocycles. The van der Waals surface area contributed by atoms with Crippen molar-refractivity contribution in [1.29, 1.82) is 0 Å². The van der Waals surface area contributed by atoms with E-state index >= 15 is 0 Å². The summed E-state index contributed by atoms with van der Waals surface area (Å²) in [6.45, 7) is 6.37. The number of rotatable bonds is 2. The predicted octanol–water partition coefficient (Wildman–Crippen LogP) is 2.52. The van der Waals surface area contributed by atoms with Gasteiger partial charge in [-0.25, -0.2) is 0 Å². The predicted molar refractivity (Wildman–Crippen MR) is 47.8 cm³/mol. The van der Waals surface area contributed by atoms with E-state index in [1.807, 2.05) is 6.92 Å². The van der Waals surface area contributed by atoms with E-state index in [0.29, 0.717) is 12.3 Å². The fraction of sp³-hybridized carbons (Fsp3) is 0.900. The Morgan fingerprint density at radius 2 is 2.25 bits per heavy atom. The van der Waals surface area contributed by atoms with Gasteiger partial charge in [0, 0.05) is 6.42 Å². The molecule has 1 rings (SSSR count). The van der Waals surface area contributed by atoms with Crippen LogP contribution in [0.1, 0.15) is 46.5 Å². The van der Waals surface area contributed by atoms with Gasteiger partial charge in [-0.3, -0.25) is 4.79 Å². The molecule has 1 aliphatic rings. The third-order valence-electron chi connectivity index (χ3n) is 2.29. The molecule has 0 aromatic carbocycles. The van der Waals surface area contributed by atoms with E-state index in [-0.39, 0.29) is 11.6 Å². The Balaban J connectivity index is 2.51. The second kappa shape index (κ2) is 3.46. The molecule has 70 valence electrons. The van der Waals surface area contributed by atoms with Gasteiger partial charge in [-0.15, -0.1) is 0 Å². The van der Waals surface area contributed by atoms with E-state index in [2.05, 4.69) is 13.8 Å². The highest BCUT2D eigenvalue weighted by Crippen LogP contribution is 2.30. The first-order valence-corrected chi connectivity index (χ1v) is 4.74. The molecule has 2 heteroatoms. The highest BCUT2D eigenvalue weighted by molar-refractivity contribution is 5.70. The second-order valence-corrected chi connectivity index (χ2v) is 4.38. The molecule has 0 spiro atoms. The maximum absolute atomic E-state index is 11.0. The monoisotopic (exact) mass is 170 g/mol. The highest BCUT2D eigenvalue weighted by atomic mass is 16.6. The average molecular weight is 170 g/mol. The first-order valence-electron chi connectivity index (χ1n) is 4.74. The Morgan fingerprint density at radius 3 is 2.75 bits per heavy atom. The Hall–Kier alpha value is -0.530. The molecule has 1 unspecified atom stereocenters. The first kappa shape index (κ1) is 9.56. The SMILES string of the molecule is CC(C)CC1(C)CCCC(=O)O1. The van der Waals surface area contributed by atoms with Crippen LogP contribution in [-0.2, 0) is 9.53 Å². The summed E-state index contributed by atoms with van der Waals surface area (Å²) < 4.78 is 5.35. The maximum atomic E-state index is 11.0. The van der Waals surface area contributed by atoms with Crippen LogP contribution in [0.15, 0.2) is 0 Å². The van der Waals surface area contributed by atoms with E-state index in [9.17, 15) is 4.79 Å². The molecule has 0 bridgehead atoms. The average Bonchev–Trinajstić information content (AvgIpc) is 1.82. The molecule has 0 aromatic rings. The van der Waals surface area contributed by atoms with Gasteiger partial charge in [0.2, 0.25) is 0 Å². The van der Waals surface area contributed by atoms with E-state index in [4.69, 9.17) is 4.74 Å². The van der Waals surface area contributed by atoms with Crippen LogP contribution in [0.2, 0.25) is 0 Å². The molecule has 1 saturated heterocycles. The van der Waals surface area contributed by atoms with Crippen LogP contribution < -0.4 is 0 Å². The Kier molecular flexibility index (Phi) is 2.76. The van der Waals surface area contributed by atoms with Gasteiger partial charge in [0.15, 0.2) is 0 Å². The number of esters is 1. The van der Waals surface area contributed by atoms with Crippen molar-refractivity contribution < 1.29 is 9.53 Å². The zero-order chi connectivity index (χ0) is 9.19. The summed E-state index contributed by atoms with van der Waals surface area (Å²) >= 11 is 0. The summed E-state index contributed by atoms with van der Waals surface area (Å²) in [5.41, 5.74) is -0.177. The van der Waals surface area contributed by atoms with Crippen LogP contribution >= 0.6 is 0 Å². The summed E-state index contributed by atoms with van der Waals surface area (Å²) in [4.78, 5) is 11.0. The first-order chi connectivity index (χ1) is 5.52. The van der Waals surface area contributed by atoms with E-state index in [1.54, 1.807) is 0 Å². The number of hydrogen-bond acceptors (Lipinski definition) is 2. The lowest BCUT2D eigenvalue weighted by Gasteiger charge is -2.34. The molecule has 1 fully saturated rings. The minimum atomic E-state index is -0.177. The van der Waals surface area contributed by atoms with Gasteiger partial charge in [0.05, 0.1) is 0 Å². The topological polar surface area (TPSA) is 26.3 Å². The van der Waals surface area contributed by atoms with E-state index < -0.39 is 0 Å². The summed E-state index contributed by atoms with van der Waals surface area (Å²) in [7, 11) is 0. The molecule has 0 amide bonds. The van der Waals surface area contributed by atoms with Gasteiger partial charge >= 0.3 is 5.97 Å². The minimum absolute atomic E-state index is 0.0237. The number of cyclic esters (lactones) is 1. The van der Waals surface area contributed by atoms with Crippen molar-refractivity contribution in [2.24, 2.45) is 5.92 Å². The largest absolute Gasteiger partial charge is 0.459 e. The van der Waals surface area contributed by atoms with Crippen LogP contribution in [0, 0.1) is 5.92 Å². The number of ether oxygens (including phenoxy) is 1. The molecule has 1 atom stereocenters. The number of carbonyl (C=O) groups excluding carboxylic acids is 1. The standard InChI is InChI=1S/C10H18O2/c1-8(2)7-10(3)6-4-5-9(11)12-10/h8H,4-7H2,1-3H3. The Labute approximate surface area is 74.3 Å². The summed E-state index contributed by atoms with van der Waals surface area (Å²) in [6.07, 6.45) is 3.60. The van der Waals surface area contributed by atoms with Crippen molar-refractivity contribution in [1.82, 2.24) is 0 Å². The molecular weight excluding hydrogens is 152 g/mol. The van der Waals surface area contributed by atoms with E-state index in [0.717, 1.165) is 19.3 Å². The van der Waals surface area contributed by atoms with Crippen molar-refractivity contribution in [3.8, 4) is 0 Å². The van der Waals surface area contributed by atoms with Crippen molar-refractivity contribution in [3.05, 3.63) is 0 Å². The third-order valence-corrected chi connectivity index (χ3v) is 2.29. The van der Waals surface area contributed by atoms with Crippen molar-refractivity contribution in [2.75, 3.05) is 0 Å². The van der Waals surface area contributed by atoms with E-state index in [1.165, 1.54) is 0 Å². The maximum Gasteiger partial charge on any atom is 0.306 e. The quantitative estimate of drug-likeness (QED) is 0.595. The molecule has 0 aliphatic carbocycles. The normalized spacial score (nSPS) is 30.5. The molecule has 1 aliphatic heterocycles. The third kappa shape index (κ3) is 2.50. The molecule has 2 nitrogen and oxygen atoms in total. The summed E-state index contributed by atoms with van der Waals surface area (Å²) in [6, 6.07) is 0. The lowest BCUT2D eigenvalue weighted by atomic mass is 9.87. The van der Waals surface area contributed by atoms with Crippen LogP contribution in [0.25, 0.3) is 0 Å². The molecule has 12 heavy (non-hydrogen) atoms. The zero-order valence-electron chi connectivity index (χ0n) is 8.22. The summed E-state index contributed by atoms with van der Waals surface area (Å²) in [5.74, 6) is 0.574. The molecule has 1 heterocycles. The second-order valence-electron chi connectivity index (χ2n) is 4.38. The van der Waals surface area contributed by atoms with Crippen LogP contribution in [0.5, 0.6) is 0 Å². The van der Waals surface area contributed by atoms with Gasteiger partial charge in [0.1, 0.15) is 5.60 Å². The molecule has 0 radical (unpaired) electrons. The van der Waals surface area contributed by atoms with Crippen LogP contribution in [0.4, 0.5) is 0 Å². The van der Waals surface area contributed by atoms with Crippen molar-refractivity contribution in [3.63, 3.8) is 0 Å². The lowest BCUT2D eigenvalue weighted by molar-refractivity contribution is -0.166. The minimum Gasteiger partial charge on any atom is -0.459 e.